The summed E-state index contributed by atoms with van der Waals surface area (Å²) in [7, 11) is 2.03. The van der Waals surface area contributed by atoms with E-state index in [-0.39, 0.29) is 40.8 Å². The predicted octanol–water partition coefficient (Wildman–Crippen LogP) is 4.33. The van der Waals surface area contributed by atoms with E-state index in [9.17, 15) is 19.5 Å². The summed E-state index contributed by atoms with van der Waals surface area (Å²) < 4.78 is 6.17. The number of allylic oxidation sites excluding steroid dienone is 1. The molecular weight excluding hydrogens is 456 g/mol. The Kier molecular flexibility index (Phi) is 7.48. The normalized spacial score (nSPS) is 43.7. The number of ether oxygens (including phenoxy) is 1. The second-order valence-electron chi connectivity index (χ2n) is 13.0. The summed E-state index contributed by atoms with van der Waals surface area (Å²) in [5.41, 5.74) is -1.44. The highest BCUT2D eigenvalue weighted by Crippen LogP contribution is 2.68. The predicted molar refractivity (Wildman–Crippen MR) is 138 cm³/mol. The molecule has 202 valence electrons. The first-order valence-electron chi connectivity index (χ1n) is 13.9. The Morgan fingerprint density at radius 2 is 1.86 bits per heavy atom. The van der Waals surface area contributed by atoms with Crippen molar-refractivity contribution in [3.63, 3.8) is 0 Å². The number of piperidine rings is 1. The van der Waals surface area contributed by atoms with E-state index in [2.05, 4.69) is 37.6 Å². The molecule has 7 heteroatoms. The van der Waals surface area contributed by atoms with E-state index in [0.29, 0.717) is 32.1 Å². The van der Waals surface area contributed by atoms with E-state index in [1.807, 2.05) is 20.0 Å². The number of hydrogen-bond acceptors (Lipinski definition) is 6. The maximum atomic E-state index is 13.5. The van der Waals surface area contributed by atoms with Crippen molar-refractivity contribution in [1.29, 1.82) is 0 Å². The summed E-state index contributed by atoms with van der Waals surface area (Å²) in [5, 5.41) is 14.3. The van der Waals surface area contributed by atoms with Gasteiger partial charge in [0, 0.05) is 29.1 Å². The lowest BCUT2D eigenvalue weighted by Crippen LogP contribution is -2.63. The van der Waals surface area contributed by atoms with Crippen molar-refractivity contribution in [2.45, 2.75) is 91.3 Å². The molecule has 0 spiro atoms. The molecule has 2 bridgehead atoms. The number of amides is 2. The van der Waals surface area contributed by atoms with Crippen LogP contribution < -0.4 is 5.32 Å². The summed E-state index contributed by atoms with van der Waals surface area (Å²) in [4.78, 5) is 41.7. The summed E-state index contributed by atoms with van der Waals surface area (Å²) in [6.45, 7) is 14.0. The Bertz CT molecular complexity index is 898. The summed E-state index contributed by atoms with van der Waals surface area (Å²) in [6, 6.07) is 0. The van der Waals surface area contributed by atoms with Crippen LogP contribution >= 0.6 is 0 Å². The van der Waals surface area contributed by atoms with Crippen LogP contribution in [0.1, 0.15) is 79.1 Å². The molecule has 2 N–H and O–H groups in total. The quantitative estimate of drug-likeness (QED) is 0.556. The maximum Gasteiger partial charge on any atom is 0.414 e. The van der Waals surface area contributed by atoms with E-state index < -0.39 is 29.1 Å². The molecule has 7 nitrogen and oxygen atoms in total. The molecule has 4 fully saturated rings. The molecule has 2 unspecified atom stereocenters. The second-order valence-corrected chi connectivity index (χ2v) is 13.0. The number of ketones is 1. The number of imide groups is 1. The lowest BCUT2D eigenvalue weighted by molar-refractivity contribution is -0.197. The zero-order chi connectivity index (χ0) is 26.5. The Labute approximate surface area is 216 Å². The highest BCUT2D eigenvalue weighted by atomic mass is 16.6. The molecule has 0 aromatic rings. The summed E-state index contributed by atoms with van der Waals surface area (Å²) in [6.07, 6.45) is 5.37. The second kappa shape index (κ2) is 9.86. The third-order valence-corrected chi connectivity index (χ3v) is 11.1. The molecule has 0 radical (unpaired) electrons. The Morgan fingerprint density at radius 3 is 2.50 bits per heavy atom. The fourth-order valence-electron chi connectivity index (χ4n) is 8.52. The van der Waals surface area contributed by atoms with E-state index in [1.165, 1.54) is 0 Å². The van der Waals surface area contributed by atoms with E-state index >= 15 is 0 Å². The van der Waals surface area contributed by atoms with Crippen LogP contribution in [0.2, 0.25) is 0 Å². The Morgan fingerprint density at radius 1 is 1.19 bits per heavy atom. The van der Waals surface area contributed by atoms with Crippen LogP contribution in [-0.4, -0.2) is 60.1 Å². The first-order chi connectivity index (χ1) is 16.9. The van der Waals surface area contributed by atoms with Gasteiger partial charge in [0.2, 0.25) is 5.91 Å². The first kappa shape index (κ1) is 27.3. The summed E-state index contributed by atoms with van der Waals surface area (Å²) in [5.74, 6) is -0.412. The largest absolute Gasteiger partial charge is 0.445 e. The lowest BCUT2D eigenvalue weighted by atomic mass is 9.43. The van der Waals surface area contributed by atoms with Crippen LogP contribution in [0, 0.1) is 39.9 Å². The molecule has 4 aliphatic rings. The van der Waals surface area contributed by atoms with Crippen molar-refractivity contribution >= 4 is 17.8 Å². The highest BCUT2D eigenvalue weighted by Gasteiger charge is 2.68. The van der Waals surface area contributed by atoms with Crippen LogP contribution in [-0.2, 0) is 14.3 Å². The maximum absolute atomic E-state index is 13.5. The molecule has 4 rings (SSSR count). The molecule has 0 aromatic heterocycles. The molecule has 8 atom stereocenters. The molecule has 3 aliphatic carbocycles. The van der Waals surface area contributed by atoms with Gasteiger partial charge in [-0.05, 0) is 82.3 Å². The van der Waals surface area contributed by atoms with Crippen LogP contribution in [0.15, 0.2) is 12.7 Å². The van der Waals surface area contributed by atoms with Crippen LogP contribution in [0.3, 0.4) is 0 Å². The fourth-order valence-corrected chi connectivity index (χ4v) is 8.52. The molecule has 1 aliphatic heterocycles. The molecule has 3 saturated carbocycles. The smallest absolute Gasteiger partial charge is 0.414 e. The minimum atomic E-state index is -0.733. The molecule has 1 heterocycles. The van der Waals surface area contributed by atoms with Gasteiger partial charge in [-0.2, -0.15) is 0 Å². The SMILES string of the molecule is C=CC[C@]1(C)C[C@@H](OC(=O)NC(=O)C2CCN(C)CC2)[C@@]2(C)C3C(=O)CCC3(CC[C@H]2C)[C@@H](C)[C@@H]1O. The summed E-state index contributed by atoms with van der Waals surface area (Å²) >= 11 is 0. The van der Waals surface area contributed by atoms with Gasteiger partial charge in [-0.15, -0.1) is 6.58 Å². The highest BCUT2D eigenvalue weighted by molar-refractivity contribution is 5.93. The number of alkyl carbamates (subject to hydrolysis) is 1. The zero-order valence-electron chi connectivity index (χ0n) is 22.8. The van der Waals surface area contributed by atoms with Crippen molar-refractivity contribution in [2.75, 3.05) is 20.1 Å². The van der Waals surface area contributed by atoms with Crippen LogP contribution in [0.25, 0.3) is 0 Å². The Hall–Kier alpha value is -1.73. The molecular formula is C29H46N2O5. The van der Waals surface area contributed by atoms with Crippen molar-refractivity contribution in [1.82, 2.24) is 10.2 Å². The van der Waals surface area contributed by atoms with Gasteiger partial charge < -0.3 is 14.7 Å². The number of aliphatic hydroxyl groups excluding tert-OH is 1. The molecule has 0 aromatic carbocycles. The van der Waals surface area contributed by atoms with Crippen LogP contribution in [0.4, 0.5) is 4.79 Å². The minimum Gasteiger partial charge on any atom is -0.445 e. The monoisotopic (exact) mass is 502 g/mol. The molecule has 1 saturated heterocycles. The average molecular weight is 503 g/mol. The Balaban J connectivity index is 1.66. The molecule has 36 heavy (non-hydrogen) atoms. The van der Waals surface area contributed by atoms with E-state index in [1.54, 1.807) is 0 Å². The van der Waals surface area contributed by atoms with Gasteiger partial charge in [-0.25, -0.2) is 4.79 Å². The van der Waals surface area contributed by atoms with Gasteiger partial charge in [-0.3, -0.25) is 14.9 Å². The third kappa shape index (κ3) is 4.34. The van der Waals surface area contributed by atoms with Crippen molar-refractivity contribution in [3.8, 4) is 0 Å². The number of carbonyl (C=O) groups excluding carboxylic acids is 3. The molecule has 2 amide bonds. The minimum absolute atomic E-state index is 0.0495. The lowest BCUT2D eigenvalue weighted by Gasteiger charge is -2.62. The van der Waals surface area contributed by atoms with E-state index in [4.69, 9.17) is 4.74 Å². The van der Waals surface area contributed by atoms with Gasteiger partial charge in [0.1, 0.15) is 11.9 Å². The van der Waals surface area contributed by atoms with Gasteiger partial charge >= 0.3 is 6.09 Å². The number of aliphatic hydroxyl groups is 1. The van der Waals surface area contributed by atoms with Crippen molar-refractivity contribution in [2.24, 2.45) is 39.9 Å². The number of rotatable bonds is 4. The number of nitrogens with zero attached hydrogens (tertiary/aromatic N) is 1. The van der Waals surface area contributed by atoms with Gasteiger partial charge in [0.15, 0.2) is 0 Å². The third-order valence-electron chi connectivity index (χ3n) is 11.1. The van der Waals surface area contributed by atoms with Gasteiger partial charge in [-0.1, -0.05) is 33.8 Å². The van der Waals surface area contributed by atoms with Crippen molar-refractivity contribution < 1.29 is 24.2 Å². The number of nitrogens with one attached hydrogen (secondary N) is 1. The first-order valence-corrected chi connectivity index (χ1v) is 13.9. The number of likely N-dealkylation sites (tertiary alicyclic amines) is 1. The van der Waals surface area contributed by atoms with Gasteiger partial charge in [0.25, 0.3) is 0 Å². The van der Waals surface area contributed by atoms with Crippen molar-refractivity contribution in [3.05, 3.63) is 12.7 Å². The standard InChI is InChI=1S/C29H46N2O5/c1-7-12-27(4)17-22(36-26(35)30-25(34)20-10-15-31(6)16-11-20)28(5)18(2)8-13-29(19(3)24(27)33)14-9-21(32)23(28)29/h7,18-20,22-24,33H,1,8-17H2,2-6H3,(H,30,34,35)/t18-,19+,22-,23?,24+,27-,28+,29?/m1/s1. The fraction of sp³-hybridized carbons (Fsp3) is 0.828. The van der Waals surface area contributed by atoms with E-state index in [0.717, 1.165) is 32.4 Å². The number of carbonyl (C=O) groups is 3. The zero-order valence-corrected chi connectivity index (χ0v) is 22.8. The number of Topliss-reactive ketones (excluding diaryl/α,β-unsaturated/α-hetero) is 1. The number of hydrogen-bond donors (Lipinski definition) is 2. The van der Waals surface area contributed by atoms with Gasteiger partial charge in [0.05, 0.1) is 6.10 Å². The van der Waals surface area contributed by atoms with Crippen LogP contribution in [0.5, 0.6) is 0 Å². The topological polar surface area (TPSA) is 95.9 Å². The average Bonchev–Trinajstić information content (AvgIpc) is 3.18.